The molecular weight excluding hydrogens is 694 g/mol. The van der Waals surface area contributed by atoms with Gasteiger partial charge in [0.2, 0.25) is 5.91 Å². The van der Waals surface area contributed by atoms with E-state index in [2.05, 4.69) is 26.3 Å². The molecule has 2 aliphatic heterocycles. The summed E-state index contributed by atoms with van der Waals surface area (Å²) in [7, 11) is 0. The van der Waals surface area contributed by atoms with Crippen LogP contribution in [0.5, 0.6) is 5.75 Å². The first-order valence-corrected chi connectivity index (χ1v) is 18.6. The van der Waals surface area contributed by atoms with Gasteiger partial charge in [-0.25, -0.2) is 18.3 Å². The summed E-state index contributed by atoms with van der Waals surface area (Å²) in [6.45, 7) is 6.36. The van der Waals surface area contributed by atoms with Crippen molar-refractivity contribution in [1.29, 1.82) is 5.26 Å². The zero-order valence-corrected chi connectivity index (χ0v) is 30.2. The second kappa shape index (κ2) is 14.1. The molecule has 0 unspecified atom stereocenters. The highest BCUT2D eigenvalue weighted by Crippen LogP contribution is 2.57. The van der Waals surface area contributed by atoms with Crippen molar-refractivity contribution in [2.45, 2.75) is 51.0 Å². The second-order valence-electron chi connectivity index (χ2n) is 15.3. The molecule has 280 valence electrons. The third-order valence-corrected chi connectivity index (χ3v) is 11.7. The first-order valence-electron chi connectivity index (χ1n) is 18.6. The highest BCUT2D eigenvalue weighted by atomic mass is 19.1. The number of nitrogens with zero attached hydrogens (tertiary/aromatic N) is 7. The molecule has 2 aliphatic carbocycles. The summed E-state index contributed by atoms with van der Waals surface area (Å²) in [5, 5.41) is 17.2. The molecule has 14 heteroatoms. The van der Waals surface area contributed by atoms with Crippen molar-refractivity contribution in [2.75, 3.05) is 57.3 Å². The fourth-order valence-corrected chi connectivity index (χ4v) is 8.89. The maximum Gasteiger partial charge on any atom is 0.254 e. The number of hydrogen-bond acceptors (Lipinski definition) is 9. The molecule has 12 nitrogen and oxygen atoms in total. The molecule has 2 saturated heterocycles. The Balaban J connectivity index is 0.961. The van der Waals surface area contributed by atoms with Crippen LogP contribution >= 0.6 is 0 Å². The predicted octanol–water partition coefficient (Wildman–Crippen LogP) is 4.62. The lowest BCUT2D eigenvalue weighted by Gasteiger charge is -2.53. The molecule has 1 spiro atoms. The predicted molar refractivity (Wildman–Crippen MR) is 195 cm³/mol. The average molecular weight is 737 g/mol. The molecule has 0 atom stereocenters. The number of amides is 2. The van der Waals surface area contributed by atoms with Gasteiger partial charge in [-0.05, 0) is 74.4 Å². The summed E-state index contributed by atoms with van der Waals surface area (Å²) < 4.78 is 36.3. The van der Waals surface area contributed by atoms with Gasteiger partial charge < -0.3 is 19.9 Å². The van der Waals surface area contributed by atoms with Crippen LogP contribution in [0, 0.1) is 34.3 Å². The lowest BCUT2D eigenvalue weighted by atomic mass is 9.51. The number of nitrogens with one attached hydrogen (secondary N) is 1. The van der Waals surface area contributed by atoms with Crippen LogP contribution in [0.25, 0.3) is 16.6 Å². The number of benzene rings is 1. The van der Waals surface area contributed by atoms with Crippen LogP contribution < -0.4 is 15.0 Å². The SMILES string of the molecule is CCOc1cc(-c2ccc(N3CCC(CN4CCN(C(=O)C5CC6(CC(=O)C6)C5)CC4)(NC(=O)c4cc(F)ccc4F)CC3)nc2)c2c(C#N)cnn2c1. The highest BCUT2D eigenvalue weighted by Gasteiger charge is 2.55. The molecule has 0 radical (unpaired) electrons. The number of ether oxygens (including phenoxy) is 1. The van der Waals surface area contributed by atoms with Gasteiger partial charge in [-0.15, -0.1) is 0 Å². The Hall–Kier alpha value is -5.42. The number of nitriles is 1. The first kappa shape index (κ1) is 35.6. The number of fused-ring (bicyclic) bond motifs is 1. The van der Waals surface area contributed by atoms with Crippen molar-refractivity contribution in [3.05, 3.63) is 77.8 Å². The summed E-state index contributed by atoms with van der Waals surface area (Å²) >= 11 is 0. The molecule has 4 aromatic rings. The van der Waals surface area contributed by atoms with Crippen LogP contribution in [0.1, 0.15) is 61.4 Å². The molecule has 4 aliphatic rings. The van der Waals surface area contributed by atoms with E-state index in [1.165, 1.54) is 6.20 Å². The lowest BCUT2D eigenvalue weighted by Crippen LogP contribution is -2.63. The van der Waals surface area contributed by atoms with Crippen LogP contribution in [0.4, 0.5) is 14.6 Å². The number of pyridine rings is 2. The molecule has 2 saturated carbocycles. The molecule has 8 rings (SSSR count). The van der Waals surface area contributed by atoms with Crippen molar-refractivity contribution < 1.29 is 27.9 Å². The molecule has 5 heterocycles. The lowest BCUT2D eigenvalue weighted by molar-refractivity contribution is -0.157. The van der Waals surface area contributed by atoms with E-state index in [0.29, 0.717) is 101 Å². The van der Waals surface area contributed by atoms with Crippen molar-refractivity contribution in [3.8, 4) is 22.9 Å². The van der Waals surface area contributed by atoms with E-state index in [1.54, 1.807) is 16.9 Å². The smallest absolute Gasteiger partial charge is 0.254 e. The number of piperazine rings is 1. The van der Waals surface area contributed by atoms with E-state index in [1.807, 2.05) is 30.0 Å². The monoisotopic (exact) mass is 736 g/mol. The zero-order valence-electron chi connectivity index (χ0n) is 30.2. The Morgan fingerprint density at radius 3 is 2.44 bits per heavy atom. The normalized spacial score (nSPS) is 19.6. The van der Waals surface area contributed by atoms with E-state index >= 15 is 0 Å². The van der Waals surface area contributed by atoms with Crippen molar-refractivity contribution >= 4 is 28.9 Å². The topological polar surface area (TPSA) is 136 Å². The maximum atomic E-state index is 14.7. The fourth-order valence-electron chi connectivity index (χ4n) is 8.89. The maximum absolute atomic E-state index is 14.7. The van der Waals surface area contributed by atoms with Crippen molar-refractivity contribution in [2.24, 2.45) is 11.3 Å². The number of anilines is 1. The van der Waals surface area contributed by atoms with Gasteiger partial charge in [-0.3, -0.25) is 19.3 Å². The summed E-state index contributed by atoms with van der Waals surface area (Å²) in [4.78, 5) is 49.4. The quantitative estimate of drug-likeness (QED) is 0.261. The molecule has 54 heavy (non-hydrogen) atoms. The number of hydrogen-bond donors (Lipinski definition) is 1. The van der Waals surface area contributed by atoms with Gasteiger partial charge in [0.1, 0.15) is 35.1 Å². The summed E-state index contributed by atoms with van der Waals surface area (Å²) in [6, 6.07) is 10.9. The van der Waals surface area contributed by atoms with Crippen LogP contribution in [0.15, 0.2) is 55.0 Å². The number of aromatic nitrogens is 3. The van der Waals surface area contributed by atoms with Gasteiger partial charge in [0.05, 0.1) is 41.2 Å². The van der Waals surface area contributed by atoms with Gasteiger partial charge in [0, 0.05) is 81.9 Å². The van der Waals surface area contributed by atoms with Gasteiger partial charge in [0.25, 0.3) is 5.91 Å². The minimum Gasteiger partial charge on any atom is -0.492 e. The number of piperidine rings is 1. The van der Waals surface area contributed by atoms with Crippen LogP contribution in [-0.2, 0) is 9.59 Å². The molecule has 4 fully saturated rings. The Morgan fingerprint density at radius 2 is 1.78 bits per heavy atom. The Morgan fingerprint density at radius 1 is 1.02 bits per heavy atom. The van der Waals surface area contributed by atoms with Crippen molar-refractivity contribution in [3.63, 3.8) is 0 Å². The standard InChI is InChI=1S/C40H42F2N8O4/c1-2-54-31-16-32(36-28(21-43)23-45-50(36)24-31)26-3-6-35(44-22-26)48-9-7-40(8-10-48,46-37(52)33-15-29(41)4-5-34(33)42)25-47-11-13-49(14-12-47)38(53)27-17-39(18-27)19-30(51)20-39/h3-6,15-16,22-24,27H,2,7-14,17-20,25H2,1H3,(H,46,52). The number of carbonyl (C=O) groups is 3. The van der Waals surface area contributed by atoms with Crippen LogP contribution in [0.2, 0.25) is 0 Å². The van der Waals surface area contributed by atoms with Gasteiger partial charge in [-0.2, -0.15) is 10.4 Å². The van der Waals surface area contributed by atoms with E-state index in [-0.39, 0.29) is 22.8 Å². The molecular formula is C40H42F2N8O4. The van der Waals surface area contributed by atoms with E-state index < -0.39 is 23.1 Å². The van der Waals surface area contributed by atoms with E-state index in [9.17, 15) is 28.4 Å². The number of rotatable bonds is 9. The summed E-state index contributed by atoms with van der Waals surface area (Å²) in [6.07, 6.45) is 8.92. The minimum absolute atomic E-state index is 0.00856. The number of carbonyl (C=O) groups excluding carboxylic acids is 3. The molecule has 0 bridgehead atoms. The molecule has 1 aromatic carbocycles. The van der Waals surface area contributed by atoms with Gasteiger partial charge in [-0.1, -0.05) is 0 Å². The van der Waals surface area contributed by atoms with E-state index in [0.717, 1.165) is 48.0 Å². The van der Waals surface area contributed by atoms with Gasteiger partial charge >= 0.3 is 0 Å². The van der Waals surface area contributed by atoms with Crippen LogP contribution in [-0.4, -0.2) is 100.0 Å². The van der Waals surface area contributed by atoms with Crippen molar-refractivity contribution in [1.82, 2.24) is 29.7 Å². The molecule has 1 N–H and O–H groups in total. The number of Topliss-reactive ketones (excluding diaryl/α,β-unsaturated/α-hetero) is 1. The van der Waals surface area contributed by atoms with E-state index in [4.69, 9.17) is 9.72 Å². The van der Waals surface area contributed by atoms with Crippen LogP contribution in [0.3, 0.4) is 0 Å². The molecule has 2 amide bonds. The fraction of sp³-hybridized carbons (Fsp3) is 0.450. The second-order valence-corrected chi connectivity index (χ2v) is 15.3. The first-order chi connectivity index (χ1) is 26.1. The molecule has 3 aromatic heterocycles. The summed E-state index contributed by atoms with van der Waals surface area (Å²) in [5.74, 6) is -0.323. The Labute approximate surface area is 311 Å². The highest BCUT2D eigenvalue weighted by molar-refractivity contribution is 5.95. The number of ketones is 1. The average Bonchev–Trinajstić information content (AvgIpc) is 3.57. The third-order valence-electron chi connectivity index (χ3n) is 11.7. The summed E-state index contributed by atoms with van der Waals surface area (Å²) in [5.41, 5.74) is 1.67. The minimum atomic E-state index is -0.788. The Kier molecular flexibility index (Phi) is 9.29. The third kappa shape index (κ3) is 6.77. The Bertz CT molecular complexity index is 2130. The largest absolute Gasteiger partial charge is 0.492 e. The zero-order chi connectivity index (χ0) is 37.6. The number of halogens is 2. The van der Waals surface area contributed by atoms with Gasteiger partial charge in [0.15, 0.2) is 0 Å².